The van der Waals surface area contributed by atoms with Crippen molar-refractivity contribution >= 4 is 33.3 Å². The molecule has 148 valence electrons. The van der Waals surface area contributed by atoms with Gasteiger partial charge in [-0.3, -0.25) is 4.90 Å². The topological polar surface area (TPSA) is 58.6 Å². The maximum Gasteiger partial charge on any atom is 0.401 e. The number of fused-ring (bicyclic) bond motifs is 1. The molecule has 3 rings (SSSR count). The quantitative estimate of drug-likeness (QED) is 0.732. The molecule has 1 unspecified atom stereocenters. The Morgan fingerprint density at radius 2 is 2.11 bits per heavy atom. The van der Waals surface area contributed by atoms with E-state index in [-0.39, 0.29) is 12.6 Å². The van der Waals surface area contributed by atoms with Gasteiger partial charge >= 0.3 is 12.1 Å². The zero-order chi connectivity index (χ0) is 19.8. The van der Waals surface area contributed by atoms with Gasteiger partial charge in [-0.1, -0.05) is 0 Å². The molecular weight excluding hydrogens is 381 g/mol. The molecule has 0 radical (unpaired) electrons. The van der Waals surface area contributed by atoms with Crippen LogP contribution in [-0.2, 0) is 4.74 Å². The number of rotatable bonds is 4. The molecule has 6 nitrogen and oxygen atoms in total. The number of thiophene rings is 1. The van der Waals surface area contributed by atoms with Crippen LogP contribution in [0.5, 0.6) is 0 Å². The lowest BCUT2D eigenvalue weighted by Gasteiger charge is -2.40. The average Bonchev–Trinajstić information content (AvgIpc) is 2.93. The van der Waals surface area contributed by atoms with Gasteiger partial charge in [-0.2, -0.15) is 13.2 Å². The number of aryl methyl sites for hydroxylation is 1. The van der Waals surface area contributed by atoms with Crippen LogP contribution in [0, 0.1) is 6.92 Å². The number of nitrogens with zero attached hydrogens (tertiary/aromatic N) is 4. The minimum Gasteiger partial charge on any atom is -0.462 e. The normalized spacial score (nSPS) is 18.9. The summed E-state index contributed by atoms with van der Waals surface area (Å²) in [5.74, 6) is 0.259. The number of anilines is 1. The third-order valence-corrected chi connectivity index (χ3v) is 5.79. The van der Waals surface area contributed by atoms with E-state index in [1.165, 1.54) is 22.6 Å². The molecular formula is C17H21F3N4O2S. The van der Waals surface area contributed by atoms with Gasteiger partial charge < -0.3 is 9.64 Å². The fraction of sp³-hybridized carbons (Fsp3) is 0.588. The first-order valence-corrected chi connectivity index (χ1v) is 9.50. The number of hydrogen-bond acceptors (Lipinski definition) is 7. The van der Waals surface area contributed by atoms with E-state index in [0.717, 1.165) is 10.9 Å². The summed E-state index contributed by atoms with van der Waals surface area (Å²) in [6.07, 6.45) is -2.79. The number of hydrogen-bond donors (Lipinski definition) is 0. The van der Waals surface area contributed by atoms with Gasteiger partial charge in [-0.15, -0.1) is 11.3 Å². The monoisotopic (exact) mass is 402 g/mol. The molecule has 2 aromatic rings. The van der Waals surface area contributed by atoms with Crippen molar-refractivity contribution in [3.63, 3.8) is 0 Å². The molecule has 0 aromatic carbocycles. The molecule has 0 amide bonds. The van der Waals surface area contributed by atoms with Crippen LogP contribution in [0.1, 0.15) is 29.1 Å². The Bertz CT molecular complexity index is 839. The summed E-state index contributed by atoms with van der Waals surface area (Å²) in [5.41, 5.74) is 0.745. The van der Waals surface area contributed by atoms with E-state index in [9.17, 15) is 18.0 Å². The Labute approximate surface area is 158 Å². The average molecular weight is 402 g/mol. The standard InChI is InChI=1S/C17H21F3N4O2S/c1-4-26-16(25)13-11(3)12-14(21-9-22-15(12)27-13)23-5-6-24(10(2)7-23)8-17(18,19)20/h9-10H,4-8H2,1-3H3. The number of aromatic nitrogens is 2. The van der Waals surface area contributed by atoms with Crippen LogP contribution in [-0.4, -0.2) is 65.8 Å². The lowest BCUT2D eigenvalue weighted by atomic mass is 10.1. The van der Waals surface area contributed by atoms with Gasteiger partial charge in [-0.25, -0.2) is 14.8 Å². The van der Waals surface area contributed by atoms with Crippen LogP contribution in [0.15, 0.2) is 6.33 Å². The Balaban J connectivity index is 1.88. The highest BCUT2D eigenvalue weighted by Gasteiger charge is 2.36. The summed E-state index contributed by atoms with van der Waals surface area (Å²) >= 11 is 1.25. The largest absolute Gasteiger partial charge is 0.462 e. The fourth-order valence-electron chi connectivity index (χ4n) is 3.34. The van der Waals surface area contributed by atoms with Crippen molar-refractivity contribution in [1.29, 1.82) is 0 Å². The zero-order valence-corrected chi connectivity index (χ0v) is 16.2. The summed E-state index contributed by atoms with van der Waals surface area (Å²) in [5, 5.41) is 0.766. The fourth-order valence-corrected chi connectivity index (χ4v) is 4.37. The van der Waals surface area contributed by atoms with Crippen molar-refractivity contribution in [2.24, 2.45) is 0 Å². The molecule has 2 aromatic heterocycles. The van der Waals surface area contributed by atoms with Crippen LogP contribution in [0.3, 0.4) is 0 Å². The Hall–Kier alpha value is -1.94. The van der Waals surface area contributed by atoms with Crippen molar-refractivity contribution in [1.82, 2.24) is 14.9 Å². The Morgan fingerprint density at radius 1 is 1.37 bits per heavy atom. The van der Waals surface area contributed by atoms with Gasteiger partial charge in [0, 0.05) is 25.7 Å². The van der Waals surface area contributed by atoms with Crippen LogP contribution < -0.4 is 4.90 Å². The first kappa shape index (κ1) is 19.8. The lowest BCUT2D eigenvalue weighted by Crippen LogP contribution is -2.54. The second kappa shape index (κ2) is 7.59. The number of carbonyl (C=O) groups is 1. The smallest absolute Gasteiger partial charge is 0.401 e. The summed E-state index contributed by atoms with van der Waals surface area (Å²) in [7, 11) is 0. The highest BCUT2D eigenvalue weighted by Crippen LogP contribution is 2.36. The number of piperazine rings is 1. The molecule has 0 N–H and O–H groups in total. The number of ether oxygens (including phenoxy) is 1. The summed E-state index contributed by atoms with van der Waals surface area (Å²) in [4.78, 5) is 25.3. The first-order chi connectivity index (χ1) is 12.7. The van der Waals surface area contributed by atoms with E-state index >= 15 is 0 Å². The molecule has 0 aliphatic carbocycles. The Morgan fingerprint density at radius 3 is 2.74 bits per heavy atom. The second-order valence-corrected chi connectivity index (χ2v) is 7.53. The predicted molar refractivity (Wildman–Crippen MR) is 97.4 cm³/mol. The molecule has 1 aliphatic rings. The molecule has 0 bridgehead atoms. The molecule has 1 fully saturated rings. The summed E-state index contributed by atoms with van der Waals surface area (Å²) < 4.78 is 43.3. The molecule has 1 aliphatic heterocycles. The summed E-state index contributed by atoms with van der Waals surface area (Å²) in [6.45, 7) is 5.86. The van der Waals surface area contributed by atoms with Crippen LogP contribution >= 0.6 is 11.3 Å². The van der Waals surface area contributed by atoms with Gasteiger partial charge in [-0.05, 0) is 26.3 Å². The van der Waals surface area contributed by atoms with Crippen molar-refractivity contribution in [2.45, 2.75) is 33.0 Å². The highest BCUT2D eigenvalue weighted by atomic mass is 32.1. The number of esters is 1. The number of carbonyl (C=O) groups excluding carboxylic acids is 1. The molecule has 10 heteroatoms. The summed E-state index contributed by atoms with van der Waals surface area (Å²) in [6, 6.07) is -0.270. The van der Waals surface area contributed by atoms with Crippen molar-refractivity contribution in [2.75, 3.05) is 37.7 Å². The van der Waals surface area contributed by atoms with E-state index in [0.29, 0.717) is 35.2 Å². The van der Waals surface area contributed by atoms with E-state index in [1.807, 2.05) is 11.8 Å². The lowest BCUT2D eigenvalue weighted by molar-refractivity contribution is -0.150. The molecule has 1 atom stereocenters. The van der Waals surface area contributed by atoms with Crippen molar-refractivity contribution < 1.29 is 22.7 Å². The van der Waals surface area contributed by atoms with E-state index in [4.69, 9.17) is 4.74 Å². The molecule has 3 heterocycles. The highest BCUT2D eigenvalue weighted by molar-refractivity contribution is 7.20. The maximum atomic E-state index is 12.7. The first-order valence-electron chi connectivity index (χ1n) is 8.68. The maximum absolute atomic E-state index is 12.7. The van der Waals surface area contributed by atoms with Crippen LogP contribution in [0.4, 0.5) is 19.0 Å². The molecule has 27 heavy (non-hydrogen) atoms. The zero-order valence-electron chi connectivity index (χ0n) is 15.3. The van der Waals surface area contributed by atoms with E-state index in [2.05, 4.69) is 9.97 Å². The van der Waals surface area contributed by atoms with Gasteiger partial charge in [0.15, 0.2) is 0 Å². The van der Waals surface area contributed by atoms with Crippen molar-refractivity contribution in [3.8, 4) is 0 Å². The van der Waals surface area contributed by atoms with Gasteiger partial charge in [0.25, 0.3) is 0 Å². The van der Waals surface area contributed by atoms with Gasteiger partial charge in [0.1, 0.15) is 21.9 Å². The SMILES string of the molecule is CCOC(=O)c1sc2ncnc(N3CCN(CC(F)(F)F)C(C)C3)c2c1C. The Kier molecular flexibility index (Phi) is 5.57. The van der Waals surface area contributed by atoms with Gasteiger partial charge in [0.05, 0.1) is 18.5 Å². The second-order valence-electron chi connectivity index (χ2n) is 6.53. The molecule has 0 saturated carbocycles. The predicted octanol–water partition coefficient (Wildman–Crippen LogP) is 3.25. The number of halogens is 3. The van der Waals surface area contributed by atoms with Crippen molar-refractivity contribution in [3.05, 3.63) is 16.8 Å². The third kappa shape index (κ3) is 4.16. The van der Waals surface area contributed by atoms with Crippen LogP contribution in [0.25, 0.3) is 10.2 Å². The molecule has 1 saturated heterocycles. The third-order valence-electron chi connectivity index (χ3n) is 4.61. The minimum absolute atomic E-state index is 0.270. The minimum atomic E-state index is -4.21. The number of alkyl halides is 3. The molecule has 0 spiro atoms. The van der Waals surface area contributed by atoms with E-state index < -0.39 is 18.7 Å². The van der Waals surface area contributed by atoms with Crippen LogP contribution in [0.2, 0.25) is 0 Å². The van der Waals surface area contributed by atoms with E-state index in [1.54, 1.807) is 13.8 Å². The van der Waals surface area contributed by atoms with Gasteiger partial charge in [0.2, 0.25) is 0 Å².